The molecule has 0 radical (unpaired) electrons. The van der Waals surface area contributed by atoms with Gasteiger partial charge >= 0.3 is 0 Å². The third-order valence-corrected chi connectivity index (χ3v) is 4.70. The first-order chi connectivity index (χ1) is 11.4. The molecule has 3 heteroatoms. The van der Waals surface area contributed by atoms with Gasteiger partial charge in [0.25, 0.3) is 0 Å². The molecule has 116 valence electrons. The van der Waals surface area contributed by atoms with Crippen molar-refractivity contribution in [3.8, 4) is 17.1 Å². The van der Waals surface area contributed by atoms with Crippen LogP contribution >= 0.6 is 0 Å². The fourth-order valence-electron chi connectivity index (χ4n) is 3.53. The zero-order valence-electron chi connectivity index (χ0n) is 13.2. The fourth-order valence-corrected chi connectivity index (χ4v) is 3.53. The summed E-state index contributed by atoms with van der Waals surface area (Å²) in [5, 5.41) is 9.16. The third kappa shape index (κ3) is 2.79. The van der Waals surface area contributed by atoms with Crippen LogP contribution in [0.3, 0.4) is 0 Å². The van der Waals surface area contributed by atoms with E-state index >= 15 is 0 Å². The maximum atomic E-state index is 4.61. The third-order valence-electron chi connectivity index (χ3n) is 4.70. The second kappa shape index (κ2) is 6.37. The van der Waals surface area contributed by atoms with Gasteiger partial charge in [-0.05, 0) is 25.0 Å². The second-order valence-electron chi connectivity index (χ2n) is 6.25. The number of hydrogen-bond donors (Lipinski definition) is 0. The summed E-state index contributed by atoms with van der Waals surface area (Å²) >= 11 is 0. The van der Waals surface area contributed by atoms with E-state index in [4.69, 9.17) is 0 Å². The molecule has 3 aromatic rings. The van der Waals surface area contributed by atoms with E-state index in [2.05, 4.69) is 69.4 Å². The summed E-state index contributed by atoms with van der Waals surface area (Å²) in [7, 11) is 0. The average molecular weight is 303 g/mol. The van der Waals surface area contributed by atoms with Gasteiger partial charge in [0.2, 0.25) is 0 Å². The molecule has 1 heterocycles. The van der Waals surface area contributed by atoms with E-state index in [1.165, 1.54) is 32.1 Å². The number of para-hydroxylation sites is 1. The van der Waals surface area contributed by atoms with Crippen molar-refractivity contribution in [3.05, 3.63) is 66.5 Å². The monoisotopic (exact) mass is 303 g/mol. The van der Waals surface area contributed by atoms with E-state index in [1.807, 2.05) is 6.07 Å². The van der Waals surface area contributed by atoms with Crippen molar-refractivity contribution in [2.45, 2.75) is 38.0 Å². The Morgan fingerprint density at radius 2 is 1.39 bits per heavy atom. The lowest BCUT2D eigenvalue weighted by atomic mass is 9.88. The molecule has 4 rings (SSSR count). The lowest BCUT2D eigenvalue weighted by Gasteiger charge is -2.22. The molecule has 2 aromatic carbocycles. The molecule has 0 N–H and O–H groups in total. The van der Waals surface area contributed by atoms with E-state index in [1.54, 1.807) is 0 Å². The predicted octanol–water partition coefficient (Wildman–Crippen LogP) is 4.98. The zero-order valence-corrected chi connectivity index (χ0v) is 13.2. The van der Waals surface area contributed by atoms with Crippen molar-refractivity contribution in [3.63, 3.8) is 0 Å². The Morgan fingerprint density at radius 3 is 2.09 bits per heavy atom. The second-order valence-corrected chi connectivity index (χ2v) is 6.25. The van der Waals surface area contributed by atoms with E-state index in [9.17, 15) is 0 Å². The van der Waals surface area contributed by atoms with Crippen LogP contribution < -0.4 is 0 Å². The highest BCUT2D eigenvalue weighted by molar-refractivity contribution is 5.58. The molecule has 0 saturated heterocycles. The van der Waals surface area contributed by atoms with Gasteiger partial charge in [-0.2, -0.15) is 0 Å². The normalized spacial score (nSPS) is 15.7. The lowest BCUT2D eigenvalue weighted by molar-refractivity contribution is 0.424. The summed E-state index contributed by atoms with van der Waals surface area (Å²) in [6.07, 6.45) is 6.39. The van der Waals surface area contributed by atoms with Crippen LogP contribution in [0.2, 0.25) is 0 Å². The molecule has 1 aromatic heterocycles. The summed E-state index contributed by atoms with van der Waals surface area (Å²) < 4.78 is 2.26. The van der Waals surface area contributed by atoms with Crippen LogP contribution in [0.1, 0.15) is 43.8 Å². The molecule has 1 aliphatic rings. The highest BCUT2D eigenvalue weighted by atomic mass is 15.3. The summed E-state index contributed by atoms with van der Waals surface area (Å²) in [5.74, 6) is 2.58. The molecule has 0 bridgehead atoms. The van der Waals surface area contributed by atoms with Crippen LogP contribution in [-0.4, -0.2) is 14.8 Å². The Morgan fingerprint density at radius 1 is 0.739 bits per heavy atom. The van der Waals surface area contributed by atoms with Crippen molar-refractivity contribution in [1.82, 2.24) is 14.8 Å². The minimum absolute atomic E-state index is 0.522. The quantitative estimate of drug-likeness (QED) is 0.683. The SMILES string of the molecule is c1ccc(-c2nnc(C3CCCCC3)n2-c2ccccc2)cc1. The molecule has 23 heavy (non-hydrogen) atoms. The van der Waals surface area contributed by atoms with Crippen LogP contribution in [0.4, 0.5) is 0 Å². The smallest absolute Gasteiger partial charge is 0.168 e. The van der Waals surface area contributed by atoms with Gasteiger partial charge in [0.15, 0.2) is 5.82 Å². The molecule has 3 nitrogen and oxygen atoms in total. The molecule has 1 fully saturated rings. The zero-order chi connectivity index (χ0) is 15.5. The van der Waals surface area contributed by atoms with Crippen molar-refractivity contribution in [2.24, 2.45) is 0 Å². The van der Waals surface area contributed by atoms with Crippen LogP contribution in [0.5, 0.6) is 0 Å². The summed E-state index contributed by atoms with van der Waals surface area (Å²) in [4.78, 5) is 0. The van der Waals surface area contributed by atoms with Crippen LogP contribution in [0, 0.1) is 0 Å². The first-order valence-electron chi connectivity index (χ1n) is 8.49. The molecule has 0 amide bonds. The summed E-state index contributed by atoms with van der Waals surface area (Å²) in [6.45, 7) is 0. The Hall–Kier alpha value is -2.42. The molecular formula is C20H21N3. The van der Waals surface area contributed by atoms with E-state index in [0.717, 1.165) is 22.9 Å². The van der Waals surface area contributed by atoms with Crippen LogP contribution in [0.15, 0.2) is 60.7 Å². The highest BCUT2D eigenvalue weighted by Gasteiger charge is 2.24. The standard InChI is InChI=1S/C20H21N3/c1-4-10-16(11-5-1)19-21-22-20(17-12-6-2-7-13-17)23(19)18-14-8-3-9-15-18/h1,3-5,8-11,14-15,17H,2,6-7,12-13H2. The maximum absolute atomic E-state index is 4.61. The largest absolute Gasteiger partial charge is 0.279 e. The topological polar surface area (TPSA) is 30.7 Å². The summed E-state index contributed by atoms with van der Waals surface area (Å²) in [6, 6.07) is 20.8. The minimum atomic E-state index is 0.522. The Bertz CT molecular complexity index is 756. The van der Waals surface area contributed by atoms with Gasteiger partial charge in [0.1, 0.15) is 5.82 Å². The molecule has 0 aliphatic heterocycles. The first-order valence-corrected chi connectivity index (χ1v) is 8.49. The minimum Gasteiger partial charge on any atom is -0.279 e. The molecule has 0 spiro atoms. The van der Waals surface area contributed by atoms with Crippen LogP contribution in [-0.2, 0) is 0 Å². The van der Waals surface area contributed by atoms with Gasteiger partial charge in [0.05, 0.1) is 0 Å². The van der Waals surface area contributed by atoms with Gasteiger partial charge < -0.3 is 0 Å². The Kier molecular flexibility index (Phi) is 3.93. The number of benzene rings is 2. The van der Waals surface area contributed by atoms with Crippen molar-refractivity contribution >= 4 is 0 Å². The van der Waals surface area contributed by atoms with E-state index in [-0.39, 0.29) is 0 Å². The van der Waals surface area contributed by atoms with Crippen molar-refractivity contribution in [1.29, 1.82) is 0 Å². The van der Waals surface area contributed by atoms with Crippen molar-refractivity contribution < 1.29 is 0 Å². The van der Waals surface area contributed by atoms with Gasteiger partial charge in [0, 0.05) is 17.2 Å². The molecule has 1 saturated carbocycles. The Labute approximate surface area is 137 Å². The first kappa shape index (κ1) is 14.2. The number of rotatable bonds is 3. The molecular weight excluding hydrogens is 282 g/mol. The maximum Gasteiger partial charge on any atom is 0.168 e. The Balaban J connectivity index is 1.85. The lowest BCUT2D eigenvalue weighted by Crippen LogP contribution is -2.12. The van der Waals surface area contributed by atoms with Gasteiger partial charge in [-0.25, -0.2) is 0 Å². The van der Waals surface area contributed by atoms with Gasteiger partial charge in [-0.3, -0.25) is 4.57 Å². The highest BCUT2D eigenvalue weighted by Crippen LogP contribution is 2.34. The number of nitrogens with zero attached hydrogens (tertiary/aromatic N) is 3. The van der Waals surface area contributed by atoms with Gasteiger partial charge in [-0.1, -0.05) is 67.8 Å². The molecule has 0 atom stereocenters. The fraction of sp³-hybridized carbons (Fsp3) is 0.300. The van der Waals surface area contributed by atoms with E-state index in [0.29, 0.717) is 5.92 Å². The predicted molar refractivity (Wildman–Crippen MR) is 92.6 cm³/mol. The summed E-state index contributed by atoms with van der Waals surface area (Å²) in [5.41, 5.74) is 2.27. The average Bonchev–Trinajstić information content (AvgIpc) is 3.09. The molecule has 1 aliphatic carbocycles. The number of aromatic nitrogens is 3. The number of hydrogen-bond acceptors (Lipinski definition) is 2. The molecule has 0 unspecified atom stereocenters. The van der Waals surface area contributed by atoms with Crippen LogP contribution in [0.25, 0.3) is 17.1 Å². The van der Waals surface area contributed by atoms with Gasteiger partial charge in [-0.15, -0.1) is 10.2 Å². The van der Waals surface area contributed by atoms with E-state index < -0.39 is 0 Å². The van der Waals surface area contributed by atoms with Crippen molar-refractivity contribution in [2.75, 3.05) is 0 Å².